The maximum Gasteiger partial charge on any atom is 0.271 e. The van der Waals surface area contributed by atoms with Gasteiger partial charge in [-0.2, -0.15) is 11.8 Å². The molecular weight excluding hydrogens is 340 g/mol. The Morgan fingerprint density at radius 2 is 1.83 bits per heavy atom. The van der Waals surface area contributed by atoms with E-state index in [1.807, 2.05) is 65.2 Å². The summed E-state index contributed by atoms with van der Waals surface area (Å²) in [7, 11) is 0. The molecule has 1 aliphatic rings. The molecule has 0 saturated carbocycles. The number of carbonyl (C=O) groups excluding carboxylic acids is 1. The number of halogens is 1. The smallest absolute Gasteiger partial charge is 0.271 e. The highest BCUT2D eigenvalue weighted by Crippen LogP contribution is 2.34. The number of hydrogen-bond acceptors (Lipinski definition) is 2. The molecule has 0 atom stereocenters. The molecule has 0 bridgehead atoms. The first-order chi connectivity index (χ1) is 11.7. The predicted octanol–water partition coefficient (Wildman–Crippen LogP) is 4.68. The topological polar surface area (TPSA) is 36.1 Å². The molecule has 1 N–H and O–H groups in total. The van der Waals surface area contributed by atoms with Crippen molar-refractivity contribution in [3.8, 4) is 11.1 Å². The Morgan fingerprint density at radius 3 is 2.58 bits per heavy atom. The molecule has 1 aromatic heterocycles. The second-order valence-electron chi connectivity index (χ2n) is 5.84. The lowest BCUT2D eigenvalue weighted by Gasteiger charge is -2.26. The van der Waals surface area contributed by atoms with Crippen LogP contribution in [0.1, 0.15) is 10.5 Å². The number of nitrogens with one attached hydrogen (secondary N) is 1. The zero-order chi connectivity index (χ0) is 16.5. The third kappa shape index (κ3) is 2.80. The number of benzene rings is 2. The SMILES string of the molecule is O=C(c1[nH]c2ccc(Cl)cc2c1-c1ccccc1)N1CCSCC1. The number of aromatic nitrogens is 1. The molecule has 1 fully saturated rings. The van der Waals surface area contributed by atoms with Crippen LogP contribution in [0.15, 0.2) is 48.5 Å². The summed E-state index contributed by atoms with van der Waals surface area (Å²) in [6.07, 6.45) is 0. The van der Waals surface area contributed by atoms with E-state index < -0.39 is 0 Å². The van der Waals surface area contributed by atoms with Crippen molar-refractivity contribution in [2.75, 3.05) is 24.6 Å². The first-order valence-corrected chi connectivity index (χ1v) is 9.51. The van der Waals surface area contributed by atoms with Gasteiger partial charge in [-0.05, 0) is 23.8 Å². The molecule has 2 heterocycles. The van der Waals surface area contributed by atoms with Gasteiger partial charge < -0.3 is 9.88 Å². The highest BCUT2D eigenvalue weighted by atomic mass is 35.5. The Bertz CT molecular complexity index is 885. The molecule has 3 aromatic rings. The molecule has 24 heavy (non-hydrogen) atoms. The van der Waals surface area contributed by atoms with Gasteiger partial charge in [-0.15, -0.1) is 0 Å². The number of thioether (sulfide) groups is 1. The van der Waals surface area contributed by atoms with Crippen LogP contribution in [0.4, 0.5) is 0 Å². The van der Waals surface area contributed by atoms with Gasteiger partial charge in [-0.3, -0.25) is 4.79 Å². The van der Waals surface area contributed by atoms with Crippen molar-refractivity contribution in [3.63, 3.8) is 0 Å². The summed E-state index contributed by atoms with van der Waals surface area (Å²) in [4.78, 5) is 18.4. The van der Waals surface area contributed by atoms with Gasteiger partial charge in [0.15, 0.2) is 0 Å². The second kappa shape index (κ2) is 6.54. The van der Waals surface area contributed by atoms with Gasteiger partial charge in [0.25, 0.3) is 5.91 Å². The lowest BCUT2D eigenvalue weighted by molar-refractivity contribution is 0.0768. The van der Waals surface area contributed by atoms with Crippen LogP contribution in [-0.4, -0.2) is 40.4 Å². The van der Waals surface area contributed by atoms with Crippen LogP contribution in [0.5, 0.6) is 0 Å². The van der Waals surface area contributed by atoms with Crippen molar-refractivity contribution in [1.29, 1.82) is 0 Å². The van der Waals surface area contributed by atoms with Gasteiger partial charge in [0.2, 0.25) is 0 Å². The molecule has 1 saturated heterocycles. The molecule has 122 valence electrons. The van der Waals surface area contributed by atoms with Crippen LogP contribution < -0.4 is 0 Å². The monoisotopic (exact) mass is 356 g/mol. The van der Waals surface area contributed by atoms with E-state index >= 15 is 0 Å². The summed E-state index contributed by atoms with van der Waals surface area (Å²) in [5, 5.41) is 1.66. The van der Waals surface area contributed by atoms with Crippen LogP contribution in [0.3, 0.4) is 0 Å². The summed E-state index contributed by atoms with van der Waals surface area (Å²) < 4.78 is 0. The number of hydrogen-bond donors (Lipinski definition) is 1. The lowest BCUT2D eigenvalue weighted by Crippen LogP contribution is -2.38. The number of nitrogens with zero attached hydrogens (tertiary/aromatic N) is 1. The standard InChI is InChI=1S/C19H17ClN2OS/c20-14-6-7-16-15(12-14)17(13-4-2-1-3-5-13)18(21-16)19(23)22-8-10-24-11-9-22/h1-7,12,21H,8-11H2. The number of fused-ring (bicyclic) bond motifs is 1. The molecule has 1 aliphatic heterocycles. The third-order valence-corrected chi connectivity index (χ3v) is 5.51. The van der Waals surface area contributed by atoms with Gasteiger partial charge in [0, 0.05) is 46.1 Å². The zero-order valence-corrected chi connectivity index (χ0v) is 14.7. The summed E-state index contributed by atoms with van der Waals surface area (Å²) >= 11 is 8.10. The van der Waals surface area contributed by atoms with Gasteiger partial charge in [-0.25, -0.2) is 0 Å². The number of rotatable bonds is 2. The predicted molar refractivity (Wildman–Crippen MR) is 102 cm³/mol. The fourth-order valence-electron chi connectivity index (χ4n) is 3.15. The molecule has 0 radical (unpaired) electrons. The van der Waals surface area contributed by atoms with E-state index in [1.54, 1.807) is 0 Å². The van der Waals surface area contributed by atoms with Crippen molar-refractivity contribution in [3.05, 3.63) is 59.2 Å². The highest BCUT2D eigenvalue weighted by Gasteiger charge is 2.25. The maximum atomic E-state index is 13.1. The van der Waals surface area contributed by atoms with E-state index in [2.05, 4.69) is 4.98 Å². The fraction of sp³-hybridized carbons (Fsp3) is 0.211. The Morgan fingerprint density at radius 1 is 1.08 bits per heavy atom. The Kier molecular flexibility index (Phi) is 4.25. The first-order valence-electron chi connectivity index (χ1n) is 7.98. The van der Waals surface area contributed by atoms with E-state index in [4.69, 9.17) is 11.6 Å². The Labute approximate surface area is 150 Å². The summed E-state index contributed by atoms with van der Waals surface area (Å²) in [6.45, 7) is 1.60. The highest BCUT2D eigenvalue weighted by molar-refractivity contribution is 7.99. The Hall–Kier alpha value is -1.91. The van der Waals surface area contributed by atoms with Crippen LogP contribution in [0, 0.1) is 0 Å². The minimum atomic E-state index is 0.0708. The minimum Gasteiger partial charge on any atom is -0.350 e. The Balaban J connectivity index is 1.89. The maximum absolute atomic E-state index is 13.1. The molecule has 0 unspecified atom stereocenters. The second-order valence-corrected chi connectivity index (χ2v) is 7.50. The number of aromatic amines is 1. The lowest BCUT2D eigenvalue weighted by atomic mass is 10.0. The molecule has 3 nitrogen and oxygen atoms in total. The molecule has 1 amide bonds. The number of carbonyl (C=O) groups is 1. The van der Waals surface area contributed by atoms with Crippen molar-refractivity contribution in [2.45, 2.75) is 0 Å². The fourth-order valence-corrected chi connectivity index (χ4v) is 4.23. The molecular formula is C19H17ClN2OS. The van der Waals surface area contributed by atoms with E-state index in [-0.39, 0.29) is 5.91 Å². The van der Waals surface area contributed by atoms with Crippen LogP contribution >= 0.6 is 23.4 Å². The van der Waals surface area contributed by atoms with Gasteiger partial charge in [0.1, 0.15) is 5.69 Å². The summed E-state index contributed by atoms with van der Waals surface area (Å²) in [5.74, 6) is 2.07. The summed E-state index contributed by atoms with van der Waals surface area (Å²) in [6, 6.07) is 15.7. The van der Waals surface area contributed by atoms with Crippen LogP contribution in [0.25, 0.3) is 22.0 Å². The third-order valence-electron chi connectivity index (χ3n) is 4.34. The van der Waals surface area contributed by atoms with E-state index in [9.17, 15) is 4.79 Å². The van der Waals surface area contributed by atoms with E-state index in [0.29, 0.717) is 10.7 Å². The average Bonchev–Trinajstić information content (AvgIpc) is 3.01. The largest absolute Gasteiger partial charge is 0.350 e. The van der Waals surface area contributed by atoms with Crippen LogP contribution in [-0.2, 0) is 0 Å². The molecule has 5 heteroatoms. The minimum absolute atomic E-state index is 0.0708. The molecule has 0 aliphatic carbocycles. The van der Waals surface area contributed by atoms with Crippen LogP contribution in [0.2, 0.25) is 5.02 Å². The van der Waals surface area contributed by atoms with Gasteiger partial charge >= 0.3 is 0 Å². The average molecular weight is 357 g/mol. The normalized spacial score (nSPS) is 15.0. The van der Waals surface area contributed by atoms with Crippen molar-refractivity contribution in [1.82, 2.24) is 9.88 Å². The quantitative estimate of drug-likeness (QED) is 0.723. The van der Waals surface area contributed by atoms with E-state index in [0.717, 1.165) is 46.6 Å². The number of amides is 1. The van der Waals surface area contributed by atoms with Crippen molar-refractivity contribution >= 4 is 40.2 Å². The molecule has 4 rings (SSSR count). The molecule has 0 spiro atoms. The van der Waals surface area contributed by atoms with Crippen molar-refractivity contribution < 1.29 is 4.79 Å². The first kappa shape index (κ1) is 15.6. The molecule has 2 aromatic carbocycles. The number of H-pyrrole nitrogens is 1. The zero-order valence-electron chi connectivity index (χ0n) is 13.1. The van der Waals surface area contributed by atoms with Gasteiger partial charge in [0.05, 0.1) is 0 Å². The summed E-state index contributed by atoms with van der Waals surface area (Å²) in [5.41, 5.74) is 3.57. The van der Waals surface area contributed by atoms with Crippen molar-refractivity contribution in [2.24, 2.45) is 0 Å². The van der Waals surface area contributed by atoms with Gasteiger partial charge in [-0.1, -0.05) is 41.9 Å². The van der Waals surface area contributed by atoms with E-state index in [1.165, 1.54) is 0 Å².